The number of carbonyl (C=O) groups excluding carboxylic acids is 2. The molecule has 2 amide bonds. The van der Waals surface area contributed by atoms with E-state index >= 15 is 0 Å². The highest BCUT2D eigenvalue weighted by atomic mass is 16.5. The summed E-state index contributed by atoms with van der Waals surface area (Å²) < 4.78 is 5.68. The molecule has 0 bridgehead atoms. The Morgan fingerprint density at radius 3 is 2.14 bits per heavy atom. The number of carboxylic acid groups (broad SMARTS) is 1. The summed E-state index contributed by atoms with van der Waals surface area (Å²) in [5.74, 6) is -1.13. The average molecular weight is 475 g/mol. The molecule has 0 heterocycles. The Bertz CT molecular complexity index is 1160. The van der Waals surface area contributed by atoms with Gasteiger partial charge < -0.3 is 20.1 Å². The van der Waals surface area contributed by atoms with Crippen LogP contribution in [-0.4, -0.2) is 53.7 Å². The molecule has 35 heavy (non-hydrogen) atoms. The summed E-state index contributed by atoms with van der Waals surface area (Å²) in [7, 11) is 0. The van der Waals surface area contributed by atoms with E-state index < -0.39 is 17.5 Å². The topological polar surface area (TPSA) is 95.9 Å². The van der Waals surface area contributed by atoms with Gasteiger partial charge in [-0.25, -0.2) is 4.79 Å². The van der Waals surface area contributed by atoms with Crippen molar-refractivity contribution in [1.29, 1.82) is 0 Å². The lowest BCUT2D eigenvalue weighted by Crippen LogP contribution is -2.49. The van der Waals surface area contributed by atoms with Gasteiger partial charge in [0.15, 0.2) is 0 Å². The van der Waals surface area contributed by atoms with Gasteiger partial charge in [0.25, 0.3) is 0 Å². The second-order valence-electron chi connectivity index (χ2n) is 10.6. The Kier molecular flexibility index (Phi) is 5.13. The van der Waals surface area contributed by atoms with E-state index in [1.165, 1.54) is 16.0 Å². The third-order valence-corrected chi connectivity index (χ3v) is 8.68. The monoisotopic (exact) mass is 474 g/mol. The van der Waals surface area contributed by atoms with Gasteiger partial charge in [0, 0.05) is 18.5 Å². The van der Waals surface area contributed by atoms with Crippen molar-refractivity contribution in [2.75, 3.05) is 19.7 Å². The Labute approximate surface area is 204 Å². The van der Waals surface area contributed by atoms with Crippen LogP contribution in [0.15, 0.2) is 48.5 Å². The molecule has 2 aromatic rings. The van der Waals surface area contributed by atoms with E-state index in [9.17, 15) is 19.5 Å². The van der Waals surface area contributed by atoms with Crippen LogP contribution in [-0.2, 0) is 14.3 Å². The van der Waals surface area contributed by atoms with Gasteiger partial charge in [-0.2, -0.15) is 0 Å². The van der Waals surface area contributed by atoms with Crippen molar-refractivity contribution in [3.8, 4) is 11.1 Å². The molecule has 1 spiro atoms. The lowest BCUT2D eigenvalue weighted by Gasteiger charge is -2.35. The van der Waals surface area contributed by atoms with Crippen molar-refractivity contribution in [3.05, 3.63) is 59.7 Å². The minimum Gasteiger partial charge on any atom is -0.480 e. The number of carboxylic acids is 1. The molecule has 0 aliphatic heterocycles. The Morgan fingerprint density at radius 1 is 1.00 bits per heavy atom. The van der Waals surface area contributed by atoms with Crippen molar-refractivity contribution < 1.29 is 24.2 Å². The molecule has 2 N–H and O–H groups in total. The first kappa shape index (κ1) is 22.1. The number of nitrogens with zero attached hydrogens (tertiary/aromatic N) is 1. The van der Waals surface area contributed by atoms with Gasteiger partial charge in [0.05, 0.1) is 5.41 Å². The summed E-state index contributed by atoms with van der Waals surface area (Å²) in [5.41, 5.74) is 3.85. The fourth-order valence-electron chi connectivity index (χ4n) is 6.47. The minimum absolute atomic E-state index is 0.0163. The van der Waals surface area contributed by atoms with Crippen LogP contribution < -0.4 is 5.32 Å². The summed E-state index contributed by atoms with van der Waals surface area (Å²) >= 11 is 0. The number of benzene rings is 2. The highest BCUT2D eigenvalue weighted by Crippen LogP contribution is 2.74. The first-order valence-electron chi connectivity index (χ1n) is 12.6. The number of ether oxygens (including phenoxy) is 1. The summed E-state index contributed by atoms with van der Waals surface area (Å²) in [4.78, 5) is 39.3. The van der Waals surface area contributed by atoms with Crippen LogP contribution in [0.1, 0.15) is 55.6 Å². The number of hydrogen-bond donors (Lipinski definition) is 2. The molecule has 2 aromatic carbocycles. The molecule has 0 aromatic heterocycles. The number of nitrogens with one attached hydrogen (secondary N) is 1. The average Bonchev–Trinajstić information content (AvgIpc) is 3.75. The largest absolute Gasteiger partial charge is 0.480 e. The van der Waals surface area contributed by atoms with Crippen LogP contribution in [0, 0.1) is 10.8 Å². The second-order valence-corrected chi connectivity index (χ2v) is 10.6. The van der Waals surface area contributed by atoms with Crippen LogP contribution in [0.4, 0.5) is 4.79 Å². The van der Waals surface area contributed by atoms with Gasteiger partial charge in [-0.1, -0.05) is 55.0 Å². The van der Waals surface area contributed by atoms with E-state index in [0.717, 1.165) is 43.2 Å². The highest BCUT2D eigenvalue weighted by Gasteiger charge is 2.74. The van der Waals surface area contributed by atoms with Crippen LogP contribution in [0.25, 0.3) is 11.1 Å². The molecule has 4 aliphatic carbocycles. The van der Waals surface area contributed by atoms with Crippen LogP contribution in [0.5, 0.6) is 0 Å². The Hall–Kier alpha value is -3.35. The number of amides is 2. The number of fused-ring (bicyclic) bond motifs is 3. The maximum Gasteiger partial charge on any atom is 0.407 e. The zero-order chi connectivity index (χ0) is 24.2. The normalized spacial score (nSPS) is 23.1. The van der Waals surface area contributed by atoms with Crippen LogP contribution >= 0.6 is 0 Å². The zero-order valence-corrected chi connectivity index (χ0v) is 19.7. The molecular formula is C28H30N2O5. The number of alkyl carbamates (subject to hydrolysis) is 1. The molecule has 0 saturated heterocycles. The van der Waals surface area contributed by atoms with Crippen molar-refractivity contribution in [1.82, 2.24) is 10.2 Å². The Balaban J connectivity index is 1.13. The molecule has 7 heteroatoms. The molecule has 182 valence electrons. The van der Waals surface area contributed by atoms with Crippen LogP contribution in [0.3, 0.4) is 0 Å². The van der Waals surface area contributed by atoms with Gasteiger partial charge in [-0.15, -0.1) is 0 Å². The van der Waals surface area contributed by atoms with Gasteiger partial charge in [0.1, 0.15) is 13.2 Å². The van der Waals surface area contributed by atoms with E-state index in [0.29, 0.717) is 6.42 Å². The second kappa shape index (κ2) is 8.11. The molecule has 3 saturated carbocycles. The number of aliphatic carboxylic acids is 1. The molecule has 7 nitrogen and oxygen atoms in total. The van der Waals surface area contributed by atoms with E-state index in [4.69, 9.17) is 4.74 Å². The summed E-state index contributed by atoms with van der Waals surface area (Å²) in [6, 6.07) is 16.4. The predicted octanol–water partition coefficient (Wildman–Crippen LogP) is 4.16. The first-order chi connectivity index (χ1) is 16.9. The standard InChI is InChI=1S/C28H30N2O5/c31-24(32)14-30(18-10-11-18)25(33)28(16-27(28)12-5-13-27)17-29-26(34)35-15-23-21-8-3-1-6-19(21)20-7-2-4-9-22(20)23/h1-4,6-9,18,23H,5,10-17H2,(H,29,34)(H,31,32). The number of hydrogen-bond acceptors (Lipinski definition) is 4. The molecule has 3 fully saturated rings. The smallest absolute Gasteiger partial charge is 0.407 e. The lowest BCUT2D eigenvalue weighted by molar-refractivity contribution is -0.148. The lowest BCUT2D eigenvalue weighted by atomic mass is 9.74. The third kappa shape index (κ3) is 3.60. The van der Waals surface area contributed by atoms with Crippen LogP contribution in [0.2, 0.25) is 0 Å². The van der Waals surface area contributed by atoms with Crippen molar-refractivity contribution >= 4 is 18.0 Å². The fraction of sp³-hybridized carbons (Fsp3) is 0.464. The van der Waals surface area contributed by atoms with Gasteiger partial charge in [0.2, 0.25) is 5.91 Å². The summed E-state index contributed by atoms with van der Waals surface area (Å²) in [6.45, 7) is 0.150. The Morgan fingerprint density at radius 2 is 1.63 bits per heavy atom. The highest BCUT2D eigenvalue weighted by molar-refractivity contribution is 5.91. The molecule has 0 radical (unpaired) electrons. The van der Waals surface area contributed by atoms with Gasteiger partial charge in [-0.3, -0.25) is 9.59 Å². The number of rotatable bonds is 8. The SMILES string of the molecule is O=C(O)CN(C(=O)C1(CNC(=O)OCC2c3ccccc3-c3ccccc32)CC12CCC2)C1CC1. The maximum atomic E-state index is 13.6. The van der Waals surface area contributed by atoms with Crippen molar-refractivity contribution in [3.63, 3.8) is 0 Å². The van der Waals surface area contributed by atoms with E-state index in [1.807, 2.05) is 24.3 Å². The predicted molar refractivity (Wildman–Crippen MR) is 129 cm³/mol. The first-order valence-corrected chi connectivity index (χ1v) is 12.6. The number of carbonyl (C=O) groups is 3. The van der Waals surface area contributed by atoms with E-state index in [1.54, 1.807) is 0 Å². The molecule has 1 atom stereocenters. The fourth-order valence-corrected chi connectivity index (χ4v) is 6.47. The molecule has 4 aliphatic rings. The summed E-state index contributed by atoms with van der Waals surface area (Å²) in [6.07, 6.45) is 4.86. The molecule has 6 rings (SSSR count). The van der Waals surface area contributed by atoms with Gasteiger partial charge in [-0.05, 0) is 59.8 Å². The zero-order valence-electron chi connectivity index (χ0n) is 19.7. The molecular weight excluding hydrogens is 444 g/mol. The van der Waals surface area contributed by atoms with Crippen molar-refractivity contribution in [2.24, 2.45) is 10.8 Å². The maximum absolute atomic E-state index is 13.6. The molecule has 1 unspecified atom stereocenters. The van der Waals surface area contributed by atoms with Gasteiger partial charge >= 0.3 is 12.1 Å². The third-order valence-electron chi connectivity index (χ3n) is 8.68. The summed E-state index contributed by atoms with van der Waals surface area (Å²) in [5, 5.41) is 12.2. The van der Waals surface area contributed by atoms with Crippen molar-refractivity contribution in [2.45, 2.75) is 50.5 Å². The minimum atomic E-state index is -0.992. The quantitative estimate of drug-likeness (QED) is 0.599. The van der Waals surface area contributed by atoms with E-state index in [-0.39, 0.29) is 43.0 Å². The van der Waals surface area contributed by atoms with E-state index in [2.05, 4.69) is 29.6 Å².